The molecule has 0 radical (unpaired) electrons. The van der Waals surface area contributed by atoms with Crippen LogP contribution in [0, 0.1) is 0 Å². The number of nitrogens with zero attached hydrogens (tertiary/aromatic N) is 4. The van der Waals surface area contributed by atoms with E-state index in [9.17, 15) is 0 Å². The molecule has 4 rings (SSSR count). The number of nitrogens with one attached hydrogen (secondary N) is 1. The highest BCUT2D eigenvalue weighted by molar-refractivity contribution is 6.62. The molecule has 0 unspecified atom stereocenters. The zero-order valence-corrected chi connectivity index (χ0v) is 16.6. The molecule has 0 atom stereocenters. The van der Waals surface area contributed by atoms with E-state index < -0.39 is 0 Å². The monoisotopic (exact) mass is 369 g/mol. The van der Waals surface area contributed by atoms with E-state index in [0.29, 0.717) is 0 Å². The molecule has 144 valence electrons. The van der Waals surface area contributed by atoms with Crippen LogP contribution in [0.3, 0.4) is 0 Å². The Labute approximate surface area is 161 Å². The maximum absolute atomic E-state index is 6.05. The van der Waals surface area contributed by atoms with Crippen molar-refractivity contribution in [3.05, 3.63) is 43.1 Å². The standard InChI is InChI=1S/C15H24BN3O2.C4H4N2/c1-14(2)15(3,4)21-16(20-14)12-5-6-13(18-11-12)19-9-7-17-8-10-19;1-2-5-4-6-3-1/h5-6,11,17H,7-10H2,1-4H3;1-4H. The van der Waals surface area contributed by atoms with Gasteiger partial charge in [-0.3, -0.25) is 0 Å². The molecule has 0 amide bonds. The van der Waals surface area contributed by atoms with Crippen LogP contribution in [0.4, 0.5) is 5.82 Å². The van der Waals surface area contributed by atoms with Gasteiger partial charge in [-0.05, 0) is 39.8 Å². The third kappa shape index (κ3) is 4.83. The third-order valence-corrected chi connectivity index (χ3v) is 5.21. The summed E-state index contributed by atoms with van der Waals surface area (Å²) in [5, 5.41) is 3.35. The first kappa shape index (κ1) is 19.7. The number of hydrogen-bond donors (Lipinski definition) is 1. The lowest BCUT2D eigenvalue weighted by molar-refractivity contribution is 0.00578. The summed E-state index contributed by atoms with van der Waals surface area (Å²) in [6.45, 7) is 12.3. The highest BCUT2D eigenvalue weighted by Gasteiger charge is 2.51. The van der Waals surface area contributed by atoms with Crippen LogP contribution in [0.25, 0.3) is 0 Å². The lowest BCUT2D eigenvalue weighted by Gasteiger charge is -2.32. The molecule has 0 saturated carbocycles. The van der Waals surface area contributed by atoms with Crippen LogP contribution < -0.4 is 15.7 Å². The summed E-state index contributed by atoms with van der Waals surface area (Å²) in [7, 11) is -0.334. The Morgan fingerprint density at radius 1 is 1.00 bits per heavy atom. The SMILES string of the molecule is CC1(C)OB(c2ccc(N3CCNCC3)nc2)OC1(C)C.c1cncnc1. The number of rotatable bonds is 2. The molecule has 2 aliphatic heterocycles. The molecule has 4 heterocycles. The van der Waals surface area contributed by atoms with Crippen molar-refractivity contribution < 1.29 is 9.31 Å². The first-order valence-corrected chi connectivity index (χ1v) is 9.36. The fourth-order valence-electron chi connectivity index (χ4n) is 2.85. The van der Waals surface area contributed by atoms with Gasteiger partial charge < -0.3 is 19.5 Å². The van der Waals surface area contributed by atoms with E-state index in [1.54, 1.807) is 18.5 Å². The fourth-order valence-corrected chi connectivity index (χ4v) is 2.85. The lowest BCUT2D eigenvalue weighted by Crippen LogP contribution is -2.44. The predicted molar refractivity (Wildman–Crippen MR) is 107 cm³/mol. The van der Waals surface area contributed by atoms with Gasteiger partial charge in [-0.1, -0.05) is 6.07 Å². The van der Waals surface area contributed by atoms with Gasteiger partial charge in [0.1, 0.15) is 12.1 Å². The molecule has 0 aliphatic carbocycles. The number of anilines is 1. The van der Waals surface area contributed by atoms with Gasteiger partial charge in [0, 0.05) is 50.2 Å². The molecular formula is C19H28BN5O2. The molecule has 0 spiro atoms. The fraction of sp³-hybridized carbons (Fsp3) is 0.526. The Balaban J connectivity index is 0.000000299. The van der Waals surface area contributed by atoms with E-state index in [0.717, 1.165) is 37.5 Å². The van der Waals surface area contributed by atoms with Gasteiger partial charge in [0.2, 0.25) is 0 Å². The molecule has 27 heavy (non-hydrogen) atoms. The van der Waals surface area contributed by atoms with Crippen molar-refractivity contribution in [3.8, 4) is 0 Å². The van der Waals surface area contributed by atoms with E-state index in [1.165, 1.54) is 6.33 Å². The summed E-state index contributed by atoms with van der Waals surface area (Å²) in [5.74, 6) is 1.02. The molecular weight excluding hydrogens is 341 g/mol. The van der Waals surface area contributed by atoms with Gasteiger partial charge in [-0.2, -0.15) is 0 Å². The Kier molecular flexibility index (Phi) is 6.09. The average molecular weight is 369 g/mol. The van der Waals surface area contributed by atoms with Crippen LogP contribution in [0.15, 0.2) is 43.1 Å². The second-order valence-corrected chi connectivity index (χ2v) is 7.68. The largest absolute Gasteiger partial charge is 0.496 e. The van der Waals surface area contributed by atoms with Crippen LogP contribution >= 0.6 is 0 Å². The normalized spacial score (nSPS) is 20.7. The van der Waals surface area contributed by atoms with Gasteiger partial charge in [-0.15, -0.1) is 0 Å². The summed E-state index contributed by atoms with van der Waals surface area (Å²) >= 11 is 0. The van der Waals surface area contributed by atoms with Crippen molar-refractivity contribution in [3.63, 3.8) is 0 Å². The van der Waals surface area contributed by atoms with Crippen LogP contribution in [0.2, 0.25) is 0 Å². The molecule has 8 heteroatoms. The van der Waals surface area contributed by atoms with E-state index in [-0.39, 0.29) is 18.3 Å². The van der Waals surface area contributed by atoms with Crippen molar-refractivity contribution >= 4 is 18.4 Å². The average Bonchev–Trinajstić information content (AvgIpc) is 2.92. The first-order valence-electron chi connectivity index (χ1n) is 9.36. The summed E-state index contributed by atoms with van der Waals surface area (Å²) in [6, 6.07) is 5.90. The zero-order chi connectivity index (χ0) is 19.3. The second-order valence-electron chi connectivity index (χ2n) is 7.68. The maximum Gasteiger partial charge on any atom is 0.496 e. The number of pyridine rings is 1. The van der Waals surface area contributed by atoms with Crippen molar-refractivity contribution in [1.29, 1.82) is 0 Å². The topological polar surface area (TPSA) is 72.4 Å². The van der Waals surface area contributed by atoms with Gasteiger partial charge in [0.25, 0.3) is 0 Å². The minimum Gasteiger partial charge on any atom is -0.399 e. The summed E-state index contributed by atoms with van der Waals surface area (Å²) in [5.41, 5.74) is 0.358. The maximum atomic E-state index is 6.05. The Hall–Kier alpha value is -2.03. The van der Waals surface area contributed by atoms with Crippen LogP contribution in [0.5, 0.6) is 0 Å². The highest BCUT2D eigenvalue weighted by Crippen LogP contribution is 2.36. The van der Waals surface area contributed by atoms with Crippen molar-refractivity contribution in [2.24, 2.45) is 0 Å². The van der Waals surface area contributed by atoms with E-state index >= 15 is 0 Å². The Morgan fingerprint density at radius 2 is 1.63 bits per heavy atom. The molecule has 1 N–H and O–H groups in total. The summed E-state index contributed by atoms with van der Waals surface area (Å²) in [4.78, 5) is 14.2. The molecule has 0 aromatic carbocycles. The van der Waals surface area contributed by atoms with Crippen LogP contribution in [-0.4, -0.2) is 59.5 Å². The van der Waals surface area contributed by atoms with Crippen molar-refractivity contribution in [2.75, 3.05) is 31.1 Å². The zero-order valence-electron chi connectivity index (χ0n) is 16.6. The van der Waals surface area contributed by atoms with Crippen LogP contribution in [0.1, 0.15) is 27.7 Å². The molecule has 7 nitrogen and oxygen atoms in total. The number of piperazine rings is 1. The van der Waals surface area contributed by atoms with Gasteiger partial charge in [0.15, 0.2) is 0 Å². The lowest BCUT2D eigenvalue weighted by atomic mass is 9.80. The quantitative estimate of drug-likeness (QED) is 0.800. The first-order chi connectivity index (χ1) is 12.9. The summed E-state index contributed by atoms with van der Waals surface area (Å²) < 4.78 is 12.1. The van der Waals surface area contributed by atoms with Gasteiger partial charge >= 0.3 is 7.12 Å². The third-order valence-electron chi connectivity index (χ3n) is 5.21. The molecule has 0 bridgehead atoms. The molecule has 2 saturated heterocycles. The highest BCUT2D eigenvalue weighted by atomic mass is 16.7. The van der Waals surface area contributed by atoms with Gasteiger partial charge in [0.05, 0.1) is 11.2 Å². The number of aromatic nitrogens is 3. The molecule has 2 fully saturated rings. The predicted octanol–water partition coefficient (Wildman–Crippen LogP) is 1.27. The molecule has 2 aromatic heterocycles. The van der Waals surface area contributed by atoms with E-state index in [2.05, 4.69) is 65.0 Å². The van der Waals surface area contributed by atoms with Gasteiger partial charge in [-0.25, -0.2) is 15.0 Å². The molecule has 2 aliphatic rings. The summed E-state index contributed by atoms with van der Waals surface area (Å²) in [6.07, 6.45) is 6.75. The minimum absolute atomic E-state index is 0.311. The Bertz CT molecular complexity index is 663. The Morgan fingerprint density at radius 3 is 2.07 bits per heavy atom. The van der Waals surface area contributed by atoms with Crippen LogP contribution in [-0.2, 0) is 9.31 Å². The van der Waals surface area contributed by atoms with Crippen molar-refractivity contribution in [2.45, 2.75) is 38.9 Å². The molecule has 2 aromatic rings. The van der Waals surface area contributed by atoms with Crippen molar-refractivity contribution in [1.82, 2.24) is 20.3 Å². The smallest absolute Gasteiger partial charge is 0.399 e. The minimum atomic E-state index is -0.334. The number of hydrogen-bond acceptors (Lipinski definition) is 7. The van der Waals surface area contributed by atoms with E-state index in [1.807, 2.05) is 6.20 Å². The second kappa shape index (κ2) is 8.33. The van der Waals surface area contributed by atoms with E-state index in [4.69, 9.17) is 9.31 Å².